The summed E-state index contributed by atoms with van der Waals surface area (Å²) in [6.45, 7) is 2.04. The molecular weight excluding hydrogens is 460 g/mol. The van der Waals surface area contributed by atoms with Gasteiger partial charge in [-0.3, -0.25) is 9.89 Å². The van der Waals surface area contributed by atoms with E-state index in [0.717, 1.165) is 39.2 Å². The molecule has 37 heavy (non-hydrogen) atoms. The number of hydrogen-bond donors (Lipinski definition) is 2. The molecule has 2 saturated carbocycles. The molecule has 6 nitrogen and oxygen atoms in total. The van der Waals surface area contributed by atoms with Gasteiger partial charge in [-0.25, -0.2) is 4.98 Å². The average Bonchev–Trinajstić information content (AvgIpc) is 3.57. The quantitative estimate of drug-likeness (QED) is 0.284. The van der Waals surface area contributed by atoms with E-state index in [-0.39, 0.29) is 11.8 Å². The van der Waals surface area contributed by atoms with Crippen LogP contribution in [0.25, 0.3) is 33.8 Å². The fourth-order valence-electron chi connectivity index (χ4n) is 6.59. The Labute approximate surface area is 218 Å². The SMILES string of the molecule is Cc1ccc2nc(-c3cn[nH]c3-c3cccc(NC(=O)C(C4CCCCC4)C4CCCCC4)c3)oc2c1. The van der Waals surface area contributed by atoms with Crippen LogP contribution < -0.4 is 5.32 Å². The van der Waals surface area contributed by atoms with Crippen LogP contribution in [0.3, 0.4) is 0 Å². The summed E-state index contributed by atoms with van der Waals surface area (Å²) in [6, 6.07) is 14.0. The van der Waals surface area contributed by atoms with Crippen molar-refractivity contribution in [2.75, 3.05) is 5.32 Å². The first-order valence-corrected chi connectivity index (χ1v) is 14.0. The molecule has 4 aromatic rings. The fraction of sp³-hybridized carbons (Fsp3) is 0.452. The zero-order valence-electron chi connectivity index (χ0n) is 21.6. The molecule has 2 aromatic heterocycles. The maximum absolute atomic E-state index is 13.8. The first-order chi connectivity index (χ1) is 18.2. The Hall–Kier alpha value is -3.41. The molecular formula is C31H36N4O2. The van der Waals surface area contributed by atoms with Gasteiger partial charge in [0.15, 0.2) is 5.58 Å². The Kier molecular flexibility index (Phi) is 6.81. The number of rotatable bonds is 6. The fourth-order valence-corrected chi connectivity index (χ4v) is 6.59. The lowest BCUT2D eigenvalue weighted by molar-refractivity contribution is -0.124. The van der Waals surface area contributed by atoms with Crippen LogP contribution in [0.2, 0.25) is 0 Å². The van der Waals surface area contributed by atoms with E-state index in [4.69, 9.17) is 4.42 Å². The highest BCUT2D eigenvalue weighted by atomic mass is 16.3. The molecule has 0 aliphatic heterocycles. The third-order valence-corrected chi connectivity index (χ3v) is 8.45. The standard InChI is InChI=1S/C31H36N4O2/c1-20-15-16-26-27(17-20)37-31(34-26)25-19-32-35-29(25)23-13-8-14-24(18-23)33-30(36)28(21-9-4-2-5-10-21)22-11-6-3-7-12-22/h8,13-19,21-22,28H,2-7,9-12H2,1H3,(H,32,35)(H,33,36). The van der Waals surface area contributed by atoms with Gasteiger partial charge < -0.3 is 9.73 Å². The number of carbonyl (C=O) groups is 1. The summed E-state index contributed by atoms with van der Waals surface area (Å²) in [4.78, 5) is 18.5. The number of anilines is 1. The number of aromatic amines is 1. The predicted molar refractivity (Wildman–Crippen MR) is 147 cm³/mol. The number of aryl methyl sites for hydroxylation is 1. The molecule has 2 aliphatic rings. The van der Waals surface area contributed by atoms with Crippen LogP contribution in [0.1, 0.15) is 69.8 Å². The lowest BCUT2D eigenvalue weighted by Gasteiger charge is -2.36. The lowest BCUT2D eigenvalue weighted by Crippen LogP contribution is -2.37. The summed E-state index contributed by atoms with van der Waals surface area (Å²) in [5.74, 6) is 1.89. The van der Waals surface area contributed by atoms with Gasteiger partial charge in [-0.05, 0) is 74.3 Å². The average molecular weight is 497 g/mol. The molecule has 0 radical (unpaired) electrons. The summed E-state index contributed by atoms with van der Waals surface area (Å²) in [6.07, 6.45) is 14.2. The van der Waals surface area contributed by atoms with Gasteiger partial charge in [-0.1, -0.05) is 56.7 Å². The highest BCUT2D eigenvalue weighted by molar-refractivity contribution is 5.94. The zero-order chi connectivity index (χ0) is 25.2. The van der Waals surface area contributed by atoms with Gasteiger partial charge in [-0.2, -0.15) is 5.10 Å². The van der Waals surface area contributed by atoms with E-state index in [0.29, 0.717) is 17.7 Å². The molecule has 2 aliphatic carbocycles. The van der Waals surface area contributed by atoms with Gasteiger partial charge in [0.1, 0.15) is 5.52 Å². The maximum Gasteiger partial charge on any atom is 0.231 e. The number of aromatic nitrogens is 3. The molecule has 6 heteroatoms. The van der Waals surface area contributed by atoms with E-state index in [1.54, 1.807) is 6.20 Å². The van der Waals surface area contributed by atoms with Crippen LogP contribution in [0.5, 0.6) is 0 Å². The van der Waals surface area contributed by atoms with Gasteiger partial charge in [0.05, 0.1) is 17.5 Å². The van der Waals surface area contributed by atoms with Crippen molar-refractivity contribution in [1.82, 2.24) is 15.2 Å². The minimum absolute atomic E-state index is 0.121. The highest BCUT2D eigenvalue weighted by Crippen LogP contribution is 2.41. The van der Waals surface area contributed by atoms with Crippen molar-refractivity contribution in [2.45, 2.75) is 71.1 Å². The Morgan fingerprint density at radius 3 is 2.43 bits per heavy atom. The zero-order valence-corrected chi connectivity index (χ0v) is 21.6. The van der Waals surface area contributed by atoms with Crippen molar-refractivity contribution in [3.05, 3.63) is 54.2 Å². The van der Waals surface area contributed by atoms with Crippen LogP contribution in [-0.2, 0) is 4.79 Å². The largest absolute Gasteiger partial charge is 0.436 e. The van der Waals surface area contributed by atoms with Gasteiger partial charge in [0.2, 0.25) is 11.8 Å². The number of nitrogens with zero attached hydrogens (tertiary/aromatic N) is 2. The van der Waals surface area contributed by atoms with Crippen molar-refractivity contribution in [3.8, 4) is 22.7 Å². The van der Waals surface area contributed by atoms with E-state index in [2.05, 4.69) is 20.5 Å². The van der Waals surface area contributed by atoms with E-state index in [1.165, 1.54) is 64.2 Å². The Balaban J connectivity index is 1.26. The Morgan fingerprint density at radius 1 is 0.973 bits per heavy atom. The summed E-state index contributed by atoms with van der Waals surface area (Å²) < 4.78 is 6.08. The van der Waals surface area contributed by atoms with Crippen LogP contribution in [0, 0.1) is 24.7 Å². The molecule has 2 fully saturated rings. The minimum atomic E-state index is 0.121. The number of amides is 1. The van der Waals surface area contributed by atoms with Crippen LogP contribution in [0.4, 0.5) is 5.69 Å². The van der Waals surface area contributed by atoms with Crippen molar-refractivity contribution in [2.24, 2.45) is 17.8 Å². The van der Waals surface area contributed by atoms with E-state index < -0.39 is 0 Å². The molecule has 0 atom stereocenters. The number of oxazole rings is 1. The number of H-pyrrole nitrogens is 1. The maximum atomic E-state index is 13.8. The van der Waals surface area contributed by atoms with Gasteiger partial charge >= 0.3 is 0 Å². The van der Waals surface area contributed by atoms with Crippen LogP contribution in [-0.4, -0.2) is 21.1 Å². The molecule has 2 N–H and O–H groups in total. The van der Waals surface area contributed by atoms with E-state index in [1.807, 2.05) is 49.4 Å². The number of fused-ring (bicyclic) bond motifs is 1. The second-order valence-electron chi connectivity index (χ2n) is 11.0. The second-order valence-corrected chi connectivity index (χ2v) is 11.0. The molecule has 0 unspecified atom stereocenters. The monoisotopic (exact) mass is 496 g/mol. The molecule has 192 valence electrons. The molecule has 0 spiro atoms. The first kappa shape index (κ1) is 24.0. The van der Waals surface area contributed by atoms with Crippen molar-refractivity contribution in [3.63, 3.8) is 0 Å². The molecule has 0 saturated heterocycles. The molecule has 2 aromatic carbocycles. The Bertz CT molecular complexity index is 1360. The van der Waals surface area contributed by atoms with E-state index >= 15 is 0 Å². The topological polar surface area (TPSA) is 83.8 Å². The third kappa shape index (κ3) is 5.07. The summed E-state index contributed by atoms with van der Waals surface area (Å²) in [5, 5.41) is 10.7. The summed E-state index contributed by atoms with van der Waals surface area (Å²) >= 11 is 0. The number of hydrogen-bond acceptors (Lipinski definition) is 4. The van der Waals surface area contributed by atoms with Gasteiger partial charge in [0, 0.05) is 17.2 Å². The van der Waals surface area contributed by atoms with Gasteiger partial charge in [0.25, 0.3) is 0 Å². The lowest BCUT2D eigenvalue weighted by atomic mass is 9.69. The van der Waals surface area contributed by atoms with Crippen molar-refractivity contribution < 1.29 is 9.21 Å². The molecule has 6 rings (SSSR count). The number of carbonyl (C=O) groups excluding carboxylic acids is 1. The number of nitrogens with one attached hydrogen (secondary N) is 2. The number of benzene rings is 2. The van der Waals surface area contributed by atoms with Crippen molar-refractivity contribution >= 4 is 22.7 Å². The van der Waals surface area contributed by atoms with Crippen LogP contribution in [0.15, 0.2) is 53.1 Å². The molecule has 2 heterocycles. The second kappa shape index (κ2) is 10.5. The van der Waals surface area contributed by atoms with E-state index in [9.17, 15) is 4.79 Å². The third-order valence-electron chi connectivity index (χ3n) is 8.45. The molecule has 0 bridgehead atoms. The van der Waals surface area contributed by atoms with Crippen molar-refractivity contribution in [1.29, 1.82) is 0 Å². The summed E-state index contributed by atoms with van der Waals surface area (Å²) in [7, 11) is 0. The smallest absolute Gasteiger partial charge is 0.231 e. The van der Waals surface area contributed by atoms with Crippen LogP contribution >= 0.6 is 0 Å². The normalized spacial score (nSPS) is 17.5. The summed E-state index contributed by atoms with van der Waals surface area (Å²) in [5.41, 5.74) is 6.12. The van der Waals surface area contributed by atoms with Gasteiger partial charge in [-0.15, -0.1) is 0 Å². The highest BCUT2D eigenvalue weighted by Gasteiger charge is 2.36. The minimum Gasteiger partial charge on any atom is -0.436 e. The predicted octanol–water partition coefficient (Wildman–Crippen LogP) is 7.91. The molecule has 1 amide bonds. The Morgan fingerprint density at radius 2 is 1.70 bits per heavy atom. The first-order valence-electron chi connectivity index (χ1n) is 14.0.